The maximum absolute atomic E-state index is 12.3. The molecule has 2 rings (SSSR count). The van der Waals surface area contributed by atoms with Gasteiger partial charge in [0.1, 0.15) is 0 Å². The Balaban J connectivity index is 2.12. The molecular weight excluding hydrogens is 272 g/mol. The second-order valence-corrected chi connectivity index (χ2v) is 7.35. The van der Waals surface area contributed by atoms with Gasteiger partial charge in [-0.05, 0) is 48.9 Å². The molecule has 1 aliphatic carbocycles. The van der Waals surface area contributed by atoms with Crippen molar-refractivity contribution in [1.82, 2.24) is 4.72 Å². The number of nitrogens with one attached hydrogen (secondary N) is 1. The molecule has 1 saturated carbocycles. The summed E-state index contributed by atoms with van der Waals surface area (Å²) in [7, 11) is -3.49. The second-order valence-electron chi connectivity index (χ2n) is 5.61. The van der Waals surface area contributed by atoms with Gasteiger partial charge in [-0.1, -0.05) is 19.8 Å². The van der Waals surface area contributed by atoms with Crippen LogP contribution in [0.2, 0.25) is 0 Å². The van der Waals surface area contributed by atoms with Crippen molar-refractivity contribution in [2.45, 2.75) is 38.0 Å². The number of nitriles is 1. The van der Waals surface area contributed by atoms with Crippen LogP contribution in [0.3, 0.4) is 0 Å². The molecule has 0 saturated heterocycles. The normalized spacial score (nSPS) is 22.6. The first-order valence-electron chi connectivity index (χ1n) is 6.94. The molecule has 20 heavy (non-hydrogen) atoms. The van der Waals surface area contributed by atoms with E-state index in [9.17, 15) is 8.42 Å². The first-order valence-corrected chi connectivity index (χ1v) is 8.43. The highest BCUT2D eigenvalue weighted by Gasteiger charge is 2.25. The summed E-state index contributed by atoms with van der Waals surface area (Å²) in [4.78, 5) is 0.266. The molecule has 0 aromatic heterocycles. The Bertz CT molecular complexity index is 632. The van der Waals surface area contributed by atoms with Crippen molar-refractivity contribution in [3.05, 3.63) is 29.3 Å². The van der Waals surface area contributed by atoms with E-state index in [1.807, 2.05) is 6.07 Å². The average Bonchev–Trinajstić information content (AvgIpc) is 2.81. The van der Waals surface area contributed by atoms with Gasteiger partial charge < -0.3 is 0 Å². The molecule has 2 unspecified atom stereocenters. The number of benzene rings is 1. The molecule has 0 aliphatic heterocycles. The summed E-state index contributed by atoms with van der Waals surface area (Å²) in [5, 5.41) is 8.82. The molecule has 5 heteroatoms. The fourth-order valence-electron chi connectivity index (χ4n) is 2.84. The monoisotopic (exact) mass is 292 g/mol. The summed E-state index contributed by atoms with van der Waals surface area (Å²) in [6.45, 7) is 4.40. The first-order chi connectivity index (χ1) is 9.44. The van der Waals surface area contributed by atoms with Gasteiger partial charge in [0.2, 0.25) is 10.0 Å². The lowest BCUT2D eigenvalue weighted by Crippen LogP contribution is -2.30. The Morgan fingerprint density at radius 3 is 2.70 bits per heavy atom. The molecule has 1 fully saturated rings. The van der Waals surface area contributed by atoms with Crippen LogP contribution in [0.15, 0.2) is 23.1 Å². The first kappa shape index (κ1) is 15.0. The standard InChI is InChI=1S/C15H20N2O2S/c1-11-4-3-5-14(11)10-17-20(18,19)15-7-6-13(9-16)8-12(15)2/h6-8,11,14,17H,3-5,10H2,1-2H3. The maximum Gasteiger partial charge on any atom is 0.240 e. The Morgan fingerprint density at radius 1 is 1.40 bits per heavy atom. The zero-order chi connectivity index (χ0) is 14.8. The van der Waals surface area contributed by atoms with Crippen LogP contribution in [0.5, 0.6) is 0 Å². The predicted octanol–water partition coefficient (Wildman–Crippen LogP) is 2.58. The van der Waals surface area contributed by atoms with Crippen LogP contribution in [-0.2, 0) is 10.0 Å². The van der Waals surface area contributed by atoms with Gasteiger partial charge >= 0.3 is 0 Å². The van der Waals surface area contributed by atoms with E-state index in [-0.39, 0.29) is 4.90 Å². The Morgan fingerprint density at radius 2 is 2.15 bits per heavy atom. The summed E-state index contributed by atoms with van der Waals surface area (Å²) in [5.74, 6) is 1.02. The van der Waals surface area contributed by atoms with E-state index in [2.05, 4.69) is 11.6 Å². The largest absolute Gasteiger partial charge is 0.240 e. The molecule has 1 aromatic carbocycles. The van der Waals surface area contributed by atoms with Crippen molar-refractivity contribution in [2.75, 3.05) is 6.54 Å². The number of hydrogen-bond donors (Lipinski definition) is 1. The molecule has 108 valence electrons. The fraction of sp³-hybridized carbons (Fsp3) is 0.533. The van der Waals surface area contributed by atoms with E-state index in [1.54, 1.807) is 19.1 Å². The lowest BCUT2D eigenvalue weighted by molar-refractivity contribution is 0.414. The second kappa shape index (κ2) is 5.94. The van der Waals surface area contributed by atoms with Gasteiger partial charge in [-0.3, -0.25) is 0 Å². The lowest BCUT2D eigenvalue weighted by atomic mass is 9.99. The lowest BCUT2D eigenvalue weighted by Gasteiger charge is -2.16. The minimum Gasteiger partial charge on any atom is -0.211 e. The molecule has 1 N–H and O–H groups in total. The molecule has 2 atom stereocenters. The predicted molar refractivity (Wildman–Crippen MR) is 77.6 cm³/mol. The van der Waals surface area contributed by atoms with E-state index in [0.29, 0.717) is 29.5 Å². The van der Waals surface area contributed by atoms with Crippen molar-refractivity contribution in [2.24, 2.45) is 11.8 Å². The molecule has 0 bridgehead atoms. The summed E-state index contributed by atoms with van der Waals surface area (Å²) >= 11 is 0. The van der Waals surface area contributed by atoms with E-state index < -0.39 is 10.0 Å². The Labute approximate surface area is 120 Å². The number of rotatable bonds is 4. The minimum absolute atomic E-state index is 0.266. The highest BCUT2D eigenvalue weighted by molar-refractivity contribution is 7.89. The van der Waals surface area contributed by atoms with Crippen molar-refractivity contribution in [3.8, 4) is 6.07 Å². The maximum atomic E-state index is 12.3. The van der Waals surface area contributed by atoms with Crippen LogP contribution in [-0.4, -0.2) is 15.0 Å². The van der Waals surface area contributed by atoms with Gasteiger partial charge in [-0.25, -0.2) is 13.1 Å². The number of nitrogens with zero attached hydrogens (tertiary/aromatic N) is 1. The topological polar surface area (TPSA) is 70.0 Å². The highest BCUT2D eigenvalue weighted by atomic mass is 32.2. The molecular formula is C15H20N2O2S. The van der Waals surface area contributed by atoms with Crippen LogP contribution >= 0.6 is 0 Å². The quantitative estimate of drug-likeness (QED) is 0.927. The third kappa shape index (κ3) is 3.20. The fourth-order valence-corrected chi connectivity index (χ4v) is 4.16. The highest BCUT2D eigenvalue weighted by Crippen LogP contribution is 2.30. The number of aryl methyl sites for hydroxylation is 1. The molecule has 0 heterocycles. The summed E-state index contributed by atoms with van der Waals surface area (Å²) in [6, 6.07) is 6.67. The van der Waals surface area contributed by atoms with Crippen LogP contribution in [0.4, 0.5) is 0 Å². The van der Waals surface area contributed by atoms with Gasteiger partial charge in [0.05, 0.1) is 16.5 Å². The summed E-state index contributed by atoms with van der Waals surface area (Å²) in [5.41, 5.74) is 1.09. The molecule has 4 nitrogen and oxygen atoms in total. The van der Waals surface area contributed by atoms with Crippen molar-refractivity contribution < 1.29 is 8.42 Å². The van der Waals surface area contributed by atoms with Gasteiger partial charge in [0, 0.05) is 6.54 Å². The van der Waals surface area contributed by atoms with Gasteiger partial charge in [0.15, 0.2) is 0 Å². The van der Waals surface area contributed by atoms with E-state index in [1.165, 1.54) is 18.9 Å². The van der Waals surface area contributed by atoms with Crippen molar-refractivity contribution >= 4 is 10.0 Å². The zero-order valence-corrected chi connectivity index (χ0v) is 12.7. The summed E-state index contributed by atoms with van der Waals surface area (Å²) in [6.07, 6.45) is 3.46. The zero-order valence-electron chi connectivity index (χ0n) is 11.9. The molecule has 0 amide bonds. The van der Waals surface area contributed by atoms with E-state index in [0.717, 1.165) is 6.42 Å². The van der Waals surface area contributed by atoms with Gasteiger partial charge in [-0.15, -0.1) is 0 Å². The van der Waals surface area contributed by atoms with E-state index in [4.69, 9.17) is 5.26 Å². The van der Waals surface area contributed by atoms with Crippen LogP contribution in [0.25, 0.3) is 0 Å². The average molecular weight is 292 g/mol. The van der Waals surface area contributed by atoms with Crippen molar-refractivity contribution in [1.29, 1.82) is 5.26 Å². The van der Waals surface area contributed by atoms with Crippen LogP contribution in [0.1, 0.15) is 37.3 Å². The summed E-state index contributed by atoms with van der Waals surface area (Å²) < 4.78 is 27.4. The molecule has 1 aliphatic rings. The molecule has 1 aromatic rings. The van der Waals surface area contributed by atoms with Gasteiger partial charge in [-0.2, -0.15) is 5.26 Å². The SMILES string of the molecule is Cc1cc(C#N)ccc1S(=O)(=O)NCC1CCCC1C. The van der Waals surface area contributed by atoms with Gasteiger partial charge in [0.25, 0.3) is 0 Å². The third-order valence-electron chi connectivity index (χ3n) is 4.17. The van der Waals surface area contributed by atoms with Crippen molar-refractivity contribution in [3.63, 3.8) is 0 Å². The van der Waals surface area contributed by atoms with Crippen LogP contribution < -0.4 is 4.72 Å². The molecule has 0 radical (unpaired) electrons. The Kier molecular flexibility index (Phi) is 4.46. The smallest absolute Gasteiger partial charge is 0.211 e. The number of sulfonamides is 1. The third-order valence-corrected chi connectivity index (χ3v) is 5.75. The Hall–Kier alpha value is -1.38. The minimum atomic E-state index is -3.49. The number of hydrogen-bond acceptors (Lipinski definition) is 3. The van der Waals surface area contributed by atoms with E-state index >= 15 is 0 Å². The van der Waals surface area contributed by atoms with Crippen LogP contribution in [0, 0.1) is 30.1 Å². The molecule has 0 spiro atoms.